The summed E-state index contributed by atoms with van der Waals surface area (Å²) < 4.78 is 39.1. The van der Waals surface area contributed by atoms with Gasteiger partial charge in [-0.05, 0) is 50.4 Å². The van der Waals surface area contributed by atoms with Crippen LogP contribution in [0.25, 0.3) is 22.3 Å². The Labute approximate surface area is 182 Å². The van der Waals surface area contributed by atoms with Crippen molar-refractivity contribution in [1.82, 2.24) is 29.6 Å². The minimum atomic E-state index is -4.16. The van der Waals surface area contributed by atoms with E-state index in [1.54, 1.807) is 23.4 Å². The summed E-state index contributed by atoms with van der Waals surface area (Å²) in [5, 5.41) is 12.7. The Morgan fingerprint density at radius 1 is 1.12 bits per heavy atom. The summed E-state index contributed by atoms with van der Waals surface area (Å²) in [4.78, 5) is 23.2. The molecule has 32 heavy (non-hydrogen) atoms. The number of carbonyl (C=O) groups excluding carboxylic acids is 1. The van der Waals surface area contributed by atoms with E-state index >= 15 is 0 Å². The Balaban J connectivity index is 1.41. The lowest BCUT2D eigenvalue weighted by molar-refractivity contribution is -0.139. The van der Waals surface area contributed by atoms with Gasteiger partial charge in [-0.3, -0.25) is 9.78 Å². The van der Waals surface area contributed by atoms with Gasteiger partial charge in [-0.25, -0.2) is 4.98 Å². The van der Waals surface area contributed by atoms with Crippen molar-refractivity contribution in [2.45, 2.75) is 32.4 Å². The first-order chi connectivity index (χ1) is 15.2. The minimum Gasteiger partial charge on any atom is -0.313 e. The SMILES string of the molecule is Cc1nnc(-c2cc3cc(NC(=O)C4CCN(CCC(F)(F)F)CC4)ncc3cn2)n1C. The molecular formula is C21H24F3N7O. The fourth-order valence-corrected chi connectivity index (χ4v) is 3.79. The molecule has 1 saturated heterocycles. The van der Waals surface area contributed by atoms with Crippen LogP contribution in [0.15, 0.2) is 24.5 Å². The summed E-state index contributed by atoms with van der Waals surface area (Å²) in [6.45, 7) is 2.79. The third-order valence-electron chi connectivity index (χ3n) is 5.85. The summed E-state index contributed by atoms with van der Waals surface area (Å²) in [7, 11) is 1.86. The number of aromatic nitrogens is 5. The maximum atomic E-state index is 12.7. The summed E-state index contributed by atoms with van der Waals surface area (Å²) in [6, 6.07) is 3.65. The van der Waals surface area contributed by atoms with Crippen LogP contribution in [-0.4, -0.2) is 61.4 Å². The van der Waals surface area contributed by atoms with E-state index in [1.807, 2.05) is 24.6 Å². The van der Waals surface area contributed by atoms with E-state index in [9.17, 15) is 18.0 Å². The molecule has 0 aliphatic carbocycles. The minimum absolute atomic E-state index is 0.0223. The number of likely N-dealkylation sites (tertiary alicyclic amines) is 1. The van der Waals surface area contributed by atoms with E-state index in [-0.39, 0.29) is 18.4 Å². The number of anilines is 1. The average molecular weight is 447 g/mol. The molecule has 1 amide bonds. The molecule has 1 aliphatic rings. The molecule has 0 atom stereocenters. The Hall–Kier alpha value is -3.08. The highest BCUT2D eigenvalue weighted by molar-refractivity contribution is 5.94. The number of fused-ring (bicyclic) bond motifs is 1. The van der Waals surface area contributed by atoms with E-state index in [0.717, 1.165) is 16.6 Å². The smallest absolute Gasteiger partial charge is 0.313 e. The molecule has 4 heterocycles. The first kappa shape index (κ1) is 22.1. The first-order valence-corrected chi connectivity index (χ1v) is 10.4. The van der Waals surface area contributed by atoms with Crippen molar-refractivity contribution in [1.29, 1.82) is 0 Å². The molecule has 0 saturated carbocycles. The fourth-order valence-electron chi connectivity index (χ4n) is 3.79. The molecule has 170 valence electrons. The van der Waals surface area contributed by atoms with Crippen LogP contribution in [0.5, 0.6) is 0 Å². The van der Waals surface area contributed by atoms with Crippen LogP contribution >= 0.6 is 0 Å². The number of amides is 1. The zero-order valence-electron chi connectivity index (χ0n) is 17.9. The van der Waals surface area contributed by atoms with Gasteiger partial charge in [0, 0.05) is 37.3 Å². The number of nitrogens with zero attached hydrogens (tertiary/aromatic N) is 6. The molecule has 8 nitrogen and oxygen atoms in total. The van der Waals surface area contributed by atoms with Crippen molar-refractivity contribution < 1.29 is 18.0 Å². The van der Waals surface area contributed by atoms with Crippen LogP contribution in [0.2, 0.25) is 0 Å². The number of halogens is 3. The van der Waals surface area contributed by atoms with Crippen molar-refractivity contribution >= 4 is 22.5 Å². The maximum Gasteiger partial charge on any atom is 0.390 e. The van der Waals surface area contributed by atoms with Crippen LogP contribution in [0.4, 0.5) is 19.0 Å². The van der Waals surface area contributed by atoms with Crippen LogP contribution in [-0.2, 0) is 11.8 Å². The van der Waals surface area contributed by atoms with Crippen molar-refractivity contribution in [3.63, 3.8) is 0 Å². The molecule has 0 radical (unpaired) electrons. The van der Waals surface area contributed by atoms with Gasteiger partial charge < -0.3 is 14.8 Å². The Bertz CT molecular complexity index is 1120. The number of aryl methyl sites for hydroxylation is 1. The number of alkyl halides is 3. The monoisotopic (exact) mass is 447 g/mol. The number of rotatable bonds is 5. The van der Waals surface area contributed by atoms with Gasteiger partial charge in [0.2, 0.25) is 5.91 Å². The molecule has 3 aromatic heterocycles. The fraction of sp³-hybridized carbons (Fsp3) is 0.476. The molecule has 3 aromatic rings. The maximum absolute atomic E-state index is 12.7. The van der Waals surface area contributed by atoms with Gasteiger partial charge in [-0.2, -0.15) is 13.2 Å². The average Bonchev–Trinajstić information content (AvgIpc) is 3.10. The second-order valence-corrected chi connectivity index (χ2v) is 8.09. The normalized spacial score (nSPS) is 15.9. The Morgan fingerprint density at radius 3 is 2.50 bits per heavy atom. The number of piperidine rings is 1. The van der Waals surface area contributed by atoms with Crippen LogP contribution in [0.1, 0.15) is 25.1 Å². The van der Waals surface area contributed by atoms with Gasteiger partial charge in [0.1, 0.15) is 17.3 Å². The van der Waals surface area contributed by atoms with E-state index in [2.05, 4.69) is 25.5 Å². The summed E-state index contributed by atoms with van der Waals surface area (Å²) in [5.74, 6) is 1.43. The summed E-state index contributed by atoms with van der Waals surface area (Å²) in [5.41, 5.74) is 0.662. The third kappa shape index (κ3) is 5.04. The van der Waals surface area contributed by atoms with Gasteiger partial charge in [0.05, 0.1) is 6.42 Å². The number of nitrogens with one attached hydrogen (secondary N) is 1. The van der Waals surface area contributed by atoms with Crippen molar-refractivity contribution in [3.05, 3.63) is 30.4 Å². The van der Waals surface area contributed by atoms with E-state index in [1.165, 1.54) is 0 Å². The molecule has 1 N–H and O–H groups in total. The lowest BCUT2D eigenvalue weighted by atomic mass is 9.96. The molecule has 0 spiro atoms. The third-order valence-corrected chi connectivity index (χ3v) is 5.85. The topological polar surface area (TPSA) is 88.8 Å². The lowest BCUT2D eigenvalue weighted by Crippen LogP contribution is -2.39. The van der Waals surface area contributed by atoms with Gasteiger partial charge in [0.25, 0.3) is 0 Å². The van der Waals surface area contributed by atoms with Crippen molar-refractivity contribution in [3.8, 4) is 11.5 Å². The predicted octanol–water partition coefficient (Wildman–Crippen LogP) is 3.34. The zero-order valence-corrected chi connectivity index (χ0v) is 17.9. The zero-order chi connectivity index (χ0) is 22.9. The van der Waals surface area contributed by atoms with Gasteiger partial charge in [-0.15, -0.1) is 10.2 Å². The first-order valence-electron chi connectivity index (χ1n) is 10.4. The molecule has 1 aliphatic heterocycles. The van der Waals surface area contributed by atoms with Crippen LogP contribution in [0, 0.1) is 12.8 Å². The molecule has 11 heteroatoms. The highest BCUT2D eigenvalue weighted by Gasteiger charge is 2.30. The van der Waals surface area contributed by atoms with Gasteiger partial charge in [-0.1, -0.05) is 0 Å². The predicted molar refractivity (Wildman–Crippen MR) is 113 cm³/mol. The van der Waals surface area contributed by atoms with Crippen LogP contribution in [0.3, 0.4) is 0 Å². The molecule has 0 aromatic carbocycles. The van der Waals surface area contributed by atoms with Gasteiger partial charge >= 0.3 is 6.18 Å². The van der Waals surface area contributed by atoms with E-state index in [0.29, 0.717) is 43.3 Å². The number of carbonyl (C=O) groups is 1. The number of hydrogen-bond acceptors (Lipinski definition) is 6. The molecule has 1 fully saturated rings. The van der Waals surface area contributed by atoms with Crippen molar-refractivity contribution in [2.24, 2.45) is 13.0 Å². The highest BCUT2D eigenvalue weighted by Crippen LogP contribution is 2.25. The Morgan fingerprint density at radius 2 is 1.84 bits per heavy atom. The molecule has 0 bridgehead atoms. The second-order valence-electron chi connectivity index (χ2n) is 8.09. The number of pyridine rings is 2. The van der Waals surface area contributed by atoms with Crippen LogP contribution < -0.4 is 5.32 Å². The van der Waals surface area contributed by atoms with Gasteiger partial charge in [0.15, 0.2) is 5.82 Å². The van der Waals surface area contributed by atoms with Crippen molar-refractivity contribution in [2.75, 3.05) is 25.0 Å². The molecular weight excluding hydrogens is 423 g/mol. The standard InChI is InChI=1S/C21H24F3N7O/c1-13-28-29-19(30(13)2)17-9-15-10-18(26-12-16(15)11-25-17)27-20(32)14-3-6-31(7-4-14)8-5-21(22,23)24/h9-12,14H,3-8H2,1-2H3,(H,26,27,32). The summed E-state index contributed by atoms with van der Waals surface area (Å²) in [6.07, 6.45) is -0.590. The van der Waals surface area contributed by atoms with E-state index in [4.69, 9.17) is 0 Å². The second kappa shape index (κ2) is 8.81. The van der Waals surface area contributed by atoms with E-state index < -0.39 is 12.6 Å². The highest BCUT2D eigenvalue weighted by atomic mass is 19.4. The quantitative estimate of drug-likeness (QED) is 0.646. The lowest BCUT2D eigenvalue weighted by Gasteiger charge is -2.31. The summed E-state index contributed by atoms with van der Waals surface area (Å²) >= 11 is 0. The Kier molecular flexibility index (Phi) is 6.09. The number of hydrogen-bond donors (Lipinski definition) is 1. The molecule has 4 rings (SSSR count). The molecule has 0 unspecified atom stereocenters. The largest absolute Gasteiger partial charge is 0.390 e.